The second kappa shape index (κ2) is 7.45. The van der Waals surface area contributed by atoms with Gasteiger partial charge in [0.1, 0.15) is 5.75 Å². The van der Waals surface area contributed by atoms with Gasteiger partial charge in [0, 0.05) is 0 Å². The highest BCUT2D eigenvalue weighted by atomic mass is 16.5. The number of phenolic OH excluding ortho intramolecular Hbond substituents is 2. The highest BCUT2D eigenvalue weighted by Gasteiger charge is 2.39. The molecule has 2 aromatic carbocycles. The van der Waals surface area contributed by atoms with E-state index in [1.54, 1.807) is 37.4 Å². The Labute approximate surface area is 150 Å². The predicted molar refractivity (Wildman–Crippen MR) is 95.4 cm³/mol. The average Bonchev–Trinajstić information content (AvgIpc) is 2.92. The van der Waals surface area contributed by atoms with E-state index in [0.29, 0.717) is 24.4 Å². The Bertz CT molecular complexity index is 819. The summed E-state index contributed by atoms with van der Waals surface area (Å²) in [6.45, 7) is 0.463. The van der Waals surface area contributed by atoms with Crippen molar-refractivity contribution in [3.8, 4) is 17.2 Å². The quantitative estimate of drug-likeness (QED) is 0.537. The van der Waals surface area contributed by atoms with E-state index in [9.17, 15) is 19.8 Å². The van der Waals surface area contributed by atoms with Crippen LogP contribution >= 0.6 is 0 Å². The molecule has 1 saturated heterocycles. The third-order valence-electron chi connectivity index (χ3n) is 4.32. The van der Waals surface area contributed by atoms with E-state index >= 15 is 0 Å². The zero-order valence-corrected chi connectivity index (χ0v) is 14.3. The molecule has 26 heavy (non-hydrogen) atoms. The van der Waals surface area contributed by atoms with Crippen molar-refractivity contribution in [3.05, 3.63) is 48.0 Å². The Morgan fingerprint density at radius 3 is 2.50 bits per heavy atom. The van der Waals surface area contributed by atoms with E-state index < -0.39 is 6.04 Å². The molecular weight excluding hydrogens is 336 g/mol. The standard InChI is InChI=1S/C19H20N2O5/c1-26-14-5-3-13(4-6-14)21-18(24)11-15(19(21)25)20-9-8-12-2-7-16(22)17(23)10-12/h2-7,10,15,20,22-23H,8-9,11H2,1H3/t15-/m0/s1. The van der Waals surface area contributed by atoms with Crippen LogP contribution in [0.5, 0.6) is 17.2 Å². The van der Waals surface area contributed by atoms with Gasteiger partial charge < -0.3 is 20.3 Å². The zero-order chi connectivity index (χ0) is 18.7. The van der Waals surface area contributed by atoms with Gasteiger partial charge in [0.2, 0.25) is 5.91 Å². The van der Waals surface area contributed by atoms with Gasteiger partial charge >= 0.3 is 0 Å². The fourth-order valence-corrected chi connectivity index (χ4v) is 2.91. The van der Waals surface area contributed by atoms with Gasteiger partial charge in [0.25, 0.3) is 5.91 Å². The van der Waals surface area contributed by atoms with Crippen molar-refractivity contribution >= 4 is 17.5 Å². The lowest BCUT2D eigenvalue weighted by atomic mass is 10.1. The summed E-state index contributed by atoms with van der Waals surface area (Å²) in [5.41, 5.74) is 1.34. The van der Waals surface area contributed by atoms with E-state index in [2.05, 4.69) is 5.32 Å². The minimum Gasteiger partial charge on any atom is -0.504 e. The van der Waals surface area contributed by atoms with Gasteiger partial charge in [-0.15, -0.1) is 0 Å². The van der Waals surface area contributed by atoms with Gasteiger partial charge in [-0.3, -0.25) is 9.59 Å². The zero-order valence-electron chi connectivity index (χ0n) is 14.3. The second-order valence-corrected chi connectivity index (χ2v) is 6.05. The summed E-state index contributed by atoms with van der Waals surface area (Å²) < 4.78 is 5.08. The number of amides is 2. The number of rotatable bonds is 6. The summed E-state index contributed by atoms with van der Waals surface area (Å²) in [5, 5.41) is 21.9. The van der Waals surface area contributed by atoms with Crippen LogP contribution in [0.25, 0.3) is 0 Å². The van der Waals surface area contributed by atoms with Crippen LogP contribution in [0.2, 0.25) is 0 Å². The topological polar surface area (TPSA) is 99.1 Å². The lowest BCUT2D eigenvalue weighted by Gasteiger charge is -2.16. The average molecular weight is 356 g/mol. The number of carbonyl (C=O) groups is 2. The van der Waals surface area contributed by atoms with Crippen molar-refractivity contribution in [1.29, 1.82) is 0 Å². The first-order chi connectivity index (χ1) is 12.5. The smallest absolute Gasteiger partial charge is 0.251 e. The Morgan fingerprint density at radius 2 is 1.85 bits per heavy atom. The molecule has 2 amide bonds. The van der Waals surface area contributed by atoms with Crippen molar-refractivity contribution in [2.75, 3.05) is 18.6 Å². The molecule has 3 rings (SSSR count). The van der Waals surface area contributed by atoms with Gasteiger partial charge in [0.05, 0.1) is 25.3 Å². The predicted octanol–water partition coefficient (Wildman–Crippen LogP) is 1.57. The molecule has 1 atom stereocenters. The second-order valence-electron chi connectivity index (χ2n) is 6.05. The van der Waals surface area contributed by atoms with Crippen molar-refractivity contribution < 1.29 is 24.5 Å². The number of carbonyl (C=O) groups excluding carboxylic acids is 2. The number of anilines is 1. The number of imide groups is 1. The number of methoxy groups -OCH3 is 1. The highest BCUT2D eigenvalue weighted by molar-refractivity contribution is 6.22. The molecule has 3 N–H and O–H groups in total. The maximum atomic E-state index is 12.6. The van der Waals surface area contributed by atoms with Crippen LogP contribution in [0.1, 0.15) is 12.0 Å². The number of hydrogen-bond donors (Lipinski definition) is 3. The third-order valence-corrected chi connectivity index (χ3v) is 4.32. The lowest BCUT2D eigenvalue weighted by Crippen LogP contribution is -2.39. The van der Waals surface area contributed by atoms with Crippen LogP contribution in [0.3, 0.4) is 0 Å². The molecule has 7 nitrogen and oxygen atoms in total. The molecular formula is C19H20N2O5. The minimum absolute atomic E-state index is 0.103. The number of phenols is 2. The molecule has 0 bridgehead atoms. The van der Waals surface area contributed by atoms with Crippen molar-refractivity contribution in [2.24, 2.45) is 0 Å². The van der Waals surface area contributed by atoms with Crippen LogP contribution in [0.15, 0.2) is 42.5 Å². The van der Waals surface area contributed by atoms with Gasteiger partial charge in [-0.2, -0.15) is 0 Å². The monoisotopic (exact) mass is 356 g/mol. The molecule has 136 valence electrons. The van der Waals surface area contributed by atoms with E-state index in [1.165, 1.54) is 17.0 Å². The highest BCUT2D eigenvalue weighted by Crippen LogP contribution is 2.26. The molecule has 0 aromatic heterocycles. The number of nitrogens with one attached hydrogen (secondary N) is 1. The Hall–Kier alpha value is -3.06. The number of benzene rings is 2. The summed E-state index contributed by atoms with van der Waals surface area (Å²) >= 11 is 0. The SMILES string of the molecule is COc1ccc(N2C(=O)C[C@H](NCCc3ccc(O)c(O)c3)C2=O)cc1. The molecule has 1 aliphatic rings. The first kappa shape index (κ1) is 17.8. The Morgan fingerprint density at radius 1 is 1.12 bits per heavy atom. The number of nitrogens with zero attached hydrogens (tertiary/aromatic N) is 1. The first-order valence-corrected chi connectivity index (χ1v) is 8.24. The lowest BCUT2D eigenvalue weighted by molar-refractivity contribution is -0.121. The molecule has 7 heteroatoms. The summed E-state index contributed by atoms with van der Waals surface area (Å²) in [6.07, 6.45) is 0.653. The summed E-state index contributed by atoms with van der Waals surface area (Å²) in [5.74, 6) is -0.234. The van der Waals surface area contributed by atoms with Gasteiger partial charge in [-0.05, 0) is 54.9 Å². The van der Waals surface area contributed by atoms with Crippen LogP contribution in [0, 0.1) is 0 Å². The van der Waals surface area contributed by atoms with Crippen molar-refractivity contribution in [1.82, 2.24) is 5.32 Å². The maximum absolute atomic E-state index is 12.6. The molecule has 0 aliphatic carbocycles. The van der Waals surface area contributed by atoms with Crippen LogP contribution in [-0.2, 0) is 16.0 Å². The van der Waals surface area contributed by atoms with E-state index in [0.717, 1.165) is 5.56 Å². The molecule has 1 heterocycles. The first-order valence-electron chi connectivity index (χ1n) is 8.24. The van der Waals surface area contributed by atoms with Crippen molar-refractivity contribution in [3.63, 3.8) is 0 Å². The minimum atomic E-state index is -0.574. The van der Waals surface area contributed by atoms with Crippen LogP contribution in [0.4, 0.5) is 5.69 Å². The van der Waals surface area contributed by atoms with Gasteiger partial charge in [-0.25, -0.2) is 4.90 Å². The fourth-order valence-electron chi connectivity index (χ4n) is 2.91. The van der Waals surface area contributed by atoms with E-state index in [1.807, 2.05) is 0 Å². The van der Waals surface area contributed by atoms with Gasteiger partial charge in [-0.1, -0.05) is 6.07 Å². The van der Waals surface area contributed by atoms with Crippen molar-refractivity contribution in [2.45, 2.75) is 18.9 Å². The number of ether oxygens (including phenoxy) is 1. The van der Waals surface area contributed by atoms with E-state index in [4.69, 9.17) is 4.74 Å². The van der Waals surface area contributed by atoms with Crippen LogP contribution < -0.4 is 15.0 Å². The number of aromatic hydroxyl groups is 2. The molecule has 0 unspecified atom stereocenters. The third kappa shape index (κ3) is 3.62. The molecule has 0 spiro atoms. The normalized spacial score (nSPS) is 17.0. The summed E-state index contributed by atoms with van der Waals surface area (Å²) in [4.78, 5) is 26.0. The molecule has 0 saturated carbocycles. The number of hydrogen-bond acceptors (Lipinski definition) is 6. The summed E-state index contributed by atoms with van der Waals surface area (Å²) in [7, 11) is 1.55. The molecule has 0 radical (unpaired) electrons. The molecule has 2 aromatic rings. The Kier molecular flexibility index (Phi) is 5.09. The largest absolute Gasteiger partial charge is 0.504 e. The van der Waals surface area contributed by atoms with Crippen LogP contribution in [-0.4, -0.2) is 41.7 Å². The summed E-state index contributed by atoms with van der Waals surface area (Å²) in [6, 6.07) is 10.8. The van der Waals surface area contributed by atoms with Gasteiger partial charge in [0.15, 0.2) is 11.5 Å². The van der Waals surface area contributed by atoms with E-state index in [-0.39, 0.29) is 29.7 Å². The molecule has 1 aliphatic heterocycles. The fraction of sp³-hybridized carbons (Fsp3) is 0.263. The molecule has 1 fully saturated rings. The Balaban J connectivity index is 1.60. The maximum Gasteiger partial charge on any atom is 0.251 e.